The molecule has 1 amide bonds. The number of nitrogens with one attached hydrogen (secondary N) is 2. The summed E-state index contributed by atoms with van der Waals surface area (Å²) in [5.41, 5.74) is 2.17. The van der Waals surface area contributed by atoms with Crippen molar-refractivity contribution in [2.24, 2.45) is 13.0 Å². The fourth-order valence-corrected chi connectivity index (χ4v) is 2.51. The highest BCUT2D eigenvalue weighted by Gasteiger charge is 2.28. The summed E-state index contributed by atoms with van der Waals surface area (Å²) in [7, 11) is 1.91. The molecule has 5 heteroatoms. The van der Waals surface area contributed by atoms with E-state index in [1.165, 1.54) is 0 Å². The molecule has 2 atom stereocenters. The summed E-state index contributed by atoms with van der Waals surface area (Å²) in [6.07, 6.45) is 3.94. The largest absolute Gasteiger partial charge is 0.351 e. The van der Waals surface area contributed by atoms with Gasteiger partial charge >= 0.3 is 0 Å². The van der Waals surface area contributed by atoms with Crippen LogP contribution in [0.3, 0.4) is 0 Å². The Morgan fingerprint density at radius 3 is 3.06 bits per heavy atom. The molecule has 0 saturated carbocycles. The Labute approximate surface area is 108 Å². The molecule has 1 saturated heterocycles. The van der Waals surface area contributed by atoms with Crippen LogP contribution in [0.25, 0.3) is 0 Å². The van der Waals surface area contributed by atoms with Crippen LogP contribution in [0.5, 0.6) is 0 Å². The maximum Gasteiger partial charge on any atom is 0.237 e. The molecule has 1 fully saturated rings. The van der Waals surface area contributed by atoms with Crippen LogP contribution in [-0.2, 0) is 24.8 Å². The SMILES string of the molecule is CCc1nn(C)cc1CNC(=O)C1NCCC1C. The Morgan fingerprint density at radius 1 is 1.67 bits per heavy atom. The fourth-order valence-electron chi connectivity index (χ4n) is 2.51. The molecule has 0 aliphatic carbocycles. The lowest BCUT2D eigenvalue weighted by Crippen LogP contribution is -2.42. The van der Waals surface area contributed by atoms with Gasteiger partial charge in [-0.05, 0) is 25.3 Å². The van der Waals surface area contributed by atoms with Gasteiger partial charge < -0.3 is 10.6 Å². The fraction of sp³-hybridized carbons (Fsp3) is 0.692. The average Bonchev–Trinajstić information content (AvgIpc) is 2.92. The summed E-state index contributed by atoms with van der Waals surface area (Å²) in [6.45, 7) is 5.70. The van der Waals surface area contributed by atoms with Gasteiger partial charge in [-0.1, -0.05) is 13.8 Å². The van der Waals surface area contributed by atoms with Crippen LogP contribution in [-0.4, -0.2) is 28.3 Å². The molecule has 0 radical (unpaired) electrons. The molecular formula is C13H22N4O. The van der Waals surface area contributed by atoms with Crippen LogP contribution in [0.2, 0.25) is 0 Å². The molecule has 0 aromatic carbocycles. The first-order valence-electron chi connectivity index (χ1n) is 6.64. The Balaban J connectivity index is 1.92. The molecule has 0 bridgehead atoms. The second-order valence-electron chi connectivity index (χ2n) is 5.04. The van der Waals surface area contributed by atoms with Gasteiger partial charge in [-0.25, -0.2) is 0 Å². The topological polar surface area (TPSA) is 59.0 Å². The Bertz CT molecular complexity index is 427. The van der Waals surface area contributed by atoms with E-state index in [4.69, 9.17) is 0 Å². The molecule has 1 aromatic rings. The van der Waals surface area contributed by atoms with Crippen molar-refractivity contribution in [3.05, 3.63) is 17.5 Å². The number of aromatic nitrogens is 2. The van der Waals surface area contributed by atoms with Gasteiger partial charge in [0.2, 0.25) is 5.91 Å². The van der Waals surface area contributed by atoms with Crippen LogP contribution in [0.4, 0.5) is 0 Å². The van der Waals surface area contributed by atoms with Crippen LogP contribution in [0.15, 0.2) is 6.20 Å². The van der Waals surface area contributed by atoms with Crippen molar-refractivity contribution in [1.82, 2.24) is 20.4 Å². The van der Waals surface area contributed by atoms with Crippen molar-refractivity contribution in [3.63, 3.8) is 0 Å². The predicted octanol–water partition coefficient (Wildman–Crippen LogP) is 0.597. The molecule has 2 heterocycles. The van der Waals surface area contributed by atoms with E-state index in [2.05, 4.69) is 29.6 Å². The maximum absolute atomic E-state index is 12.0. The molecule has 100 valence electrons. The minimum absolute atomic E-state index is 0.0354. The number of carbonyl (C=O) groups is 1. The molecule has 2 N–H and O–H groups in total. The third-order valence-electron chi connectivity index (χ3n) is 3.60. The van der Waals surface area contributed by atoms with E-state index in [1.54, 1.807) is 4.68 Å². The number of nitrogens with zero attached hydrogens (tertiary/aromatic N) is 2. The second kappa shape index (κ2) is 5.52. The maximum atomic E-state index is 12.0. The van der Waals surface area contributed by atoms with E-state index in [0.29, 0.717) is 12.5 Å². The standard InChI is InChI=1S/C13H22N4O/c1-4-11-10(8-17(3)16-11)7-15-13(18)12-9(2)5-6-14-12/h8-9,12,14H,4-7H2,1-3H3,(H,15,18). The monoisotopic (exact) mass is 250 g/mol. The predicted molar refractivity (Wildman–Crippen MR) is 70.0 cm³/mol. The lowest BCUT2D eigenvalue weighted by Gasteiger charge is -2.15. The first kappa shape index (κ1) is 13.1. The van der Waals surface area contributed by atoms with Crippen LogP contribution < -0.4 is 10.6 Å². The third kappa shape index (κ3) is 2.72. The van der Waals surface area contributed by atoms with Crippen molar-refractivity contribution in [1.29, 1.82) is 0 Å². The zero-order chi connectivity index (χ0) is 13.1. The van der Waals surface area contributed by atoms with Crippen molar-refractivity contribution in [2.75, 3.05) is 6.54 Å². The highest BCUT2D eigenvalue weighted by molar-refractivity contribution is 5.82. The number of hydrogen-bond acceptors (Lipinski definition) is 3. The van der Waals surface area contributed by atoms with Crippen LogP contribution in [0.1, 0.15) is 31.5 Å². The lowest BCUT2D eigenvalue weighted by molar-refractivity contribution is -0.123. The summed E-state index contributed by atoms with van der Waals surface area (Å²) < 4.78 is 1.80. The zero-order valence-corrected chi connectivity index (χ0v) is 11.4. The van der Waals surface area contributed by atoms with Crippen LogP contribution in [0, 0.1) is 5.92 Å². The summed E-state index contributed by atoms with van der Waals surface area (Å²) in [4.78, 5) is 12.0. The van der Waals surface area contributed by atoms with Gasteiger partial charge in [0.25, 0.3) is 0 Å². The van der Waals surface area contributed by atoms with Crippen molar-refractivity contribution < 1.29 is 4.79 Å². The minimum atomic E-state index is -0.0354. The molecule has 0 spiro atoms. The molecule has 18 heavy (non-hydrogen) atoms. The molecule has 2 rings (SSSR count). The van der Waals surface area contributed by atoms with Gasteiger partial charge in [0.15, 0.2) is 0 Å². The summed E-state index contributed by atoms with van der Waals surface area (Å²) >= 11 is 0. The van der Waals surface area contributed by atoms with Gasteiger partial charge in [0.05, 0.1) is 11.7 Å². The van der Waals surface area contributed by atoms with Gasteiger partial charge in [-0.15, -0.1) is 0 Å². The van der Waals surface area contributed by atoms with Crippen LogP contribution >= 0.6 is 0 Å². The Hall–Kier alpha value is -1.36. The molecule has 5 nitrogen and oxygen atoms in total. The molecule has 2 unspecified atom stereocenters. The summed E-state index contributed by atoms with van der Waals surface area (Å²) in [6, 6.07) is -0.0354. The first-order chi connectivity index (χ1) is 8.61. The van der Waals surface area contributed by atoms with Crippen molar-refractivity contribution in [2.45, 2.75) is 39.3 Å². The highest BCUT2D eigenvalue weighted by Crippen LogP contribution is 2.14. The smallest absolute Gasteiger partial charge is 0.237 e. The lowest BCUT2D eigenvalue weighted by atomic mass is 10.0. The van der Waals surface area contributed by atoms with Crippen molar-refractivity contribution >= 4 is 5.91 Å². The first-order valence-corrected chi connectivity index (χ1v) is 6.64. The molecule has 1 aromatic heterocycles. The van der Waals surface area contributed by atoms with Crippen molar-refractivity contribution in [3.8, 4) is 0 Å². The van der Waals surface area contributed by atoms with Gasteiger partial charge in [0.1, 0.15) is 0 Å². The van der Waals surface area contributed by atoms with Gasteiger partial charge in [0, 0.05) is 25.4 Å². The second-order valence-corrected chi connectivity index (χ2v) is 5.04. The van der Waals surface area contributed by atoms with E-state index in [1.807, 2.05) is 13.2 Å². The molecular weight excluding hydrogens is 228 g/mol. The van der Waals surface area contributed by atoms with E-state index in [0.717, 1.165) is 30.6 Å². The number of amides is 1. The number of rotatable bonds is 4. The van der Waals surface area contributed by atoms with E-state index >= 15 is 0 Å². The van der Waals surface area contributed by atoms with E-state index in [-0.39, 0.29) is 11.9 Å². The Morgan fingerprint density at radius 2 is 2.44 bits per heavy atom. The summed E-state index contributed by atoms with van der Waals surface area (Å²) in [5, 5.41) is 10.6. The average molecular weight is 250 g/mol. The highest BCUT2D eigenvalue weighted by atomic mass is 16.2. The van der Waals surface area contributed by atoms with E-state index < -0.39 is 0 Å². The van der Waals surface area contributed by atoms with Gasteiger partial charge in [-0.3, -0.25) is 9.48 Å². The number of aryl methyl sites for hydroxylation is 2. The summed E-state index contributed by atoms with van der Waals surface area (Å²) in [5.74, 6) is 0.524. The molecule has 1 aliphatic heterocycles. The van der Waals surface area contributed by atoms with Gasteiger partial charge in [-0.2, -0.15) is 5.10 Å². The normalized spacial score (nSPS) is 23.3. The zero-order valence-electron chi connectivity index (χ0n) is 11.4. The Kier molecular flexibility index (Phi) is 4.01. The van der Waals surface area contributed by atoms with E-state index in [9.17, 15) is 4.79 Å². The third-order valence-corrected chi connectivity index (χ3v) is 3.60. The number of carbonyl (C=O) groups excluding carboxylic acids is 1. The number of hydrogen-bond donors (Lipinski definition) is 2. The quantitative estimate of drug-likeness (QED) is 0.822. The minimum Gasteiger partial charge on any atom is -0.351 e. The molecule has 1 aliphatic rings.